The third-order valence-corrected chi connectivity index (χ3v) is 3.96. The highest BCUT2D eigenvalue weighted by Gasteiger charge is 2.34. The van der Waals surface area contributed by atoms with Crippen molar-refractivity contribution in [3.8, 4) is 0 Å². The molecule has 3 nitrogen and oxygen atoms in total. The van der Waals surface area contributed by atoms with Crippen molar-refractivity contribution in [3.05, 3.63) is 0 Å². The maximum atomic E-state index is 11.9. The van der Waals surface area contributed by atoms with Crippen LogP contribution >= 0.6 is 0 Å². The Balaban J connectivity index is 1.95. The van der Waals surface area contributed by atoms with Gasteiger partial charge in [0.25, 0.3) is 0 Å². The van der Waals surface area contributed by atoms with E-state index in [4.69, 9.17) is 5.73 Å². The summed E-state index contributed by atoms with van der Waals surface area (Å²) in [6, 6.07) is -0.233. The standard InChI is InChI=1S/C12H22N2O/c1-12(6-2-3-7-12)9-14-8-4-5-10(13)11(14)15/h10H,2-9,13H2,1H3. The van der Waals surface area contributed by atoms with E-state index in [2.05, 4.69) is 6.92 Å². The van der Waals surface area contributed by atoms with E-state index in [1.807, 2.05) is 4.90 Å². The van der Waals surface area contributed by atoms with Gasteiger partial charge in [0.2, 0.25) is 5.91 Å². The Labute approximate surface area is 92.0 Å². The fourth-order valence-electron chi connectivity index (χ4n) is 2.97. The minimum absolute atomic E-state index is 0.175. The monoisotopic (exact) mass is 210 g/mol. The van der Waals surface area contributed by atoms with Crippen LogP contribution in [0.5, 0.6) is 0 Å². The molecule has 1 aliphatic carbocycles. The van der Waals surface area contributed by atoms with Crippen LogP contribution in [-0.2, 0) is 4.79 Å². The Bertz CT molecular complexity index is 246. The average molecular weight is 210 g/mol. The van der Waals surface area contributed by atoms with E-state index in [1.54, 1.807) is 0 Å². The van der Waals surface area contributed by atoms with Gasteiger partial charge in [-0.1, -0.05) is 19.8 Å². The van der Waals surface area contributed by atoms with Crippen LogP contribution in [0.4, 0.5) is 0 Å². The van der Waals surface area contributed by atoms with Gasteiger partial charge in [0.15, 0.2) is 0 Å². The predicted octanol–water partition coefficient (Wildman–Crippen LogP) is 1.52. The van der Waals surface area contributed by atoms with E-state index in [0.29, 0.717) is 5.41 Å². The minimum Gasteiger partial charge on any atom is -0.341 e. The molecule has 1 atom stereocenters. The molecule has 1 unspecified atom stereocenters. The van der Waals surface area contributed by atoms with Gasteiger partial charge < -0.3 is 10.6 Å². The summed E-state index contributed by atoms with van der Waals surface area (Å²) in [6.07, 6.45) is 7.13. The summed E-state index contributed by atoms with van der Waals surface area (Å²) in [5.74, 6) is 0.175. The molecule has 2 fully saturated rings. The van der Waals surface area contributed by atoms with Gasteiger partial charge in [-0.25, -0.2) is 0 Å². The number of piperidine rings is 1. The zero-order valence-corrected chi connectivity index (χ0v) is 9.67. The fourth-order valence-corrected chi connectivity index (χ4v) is 2.97. The Morgan fingerprint density at radius 3 is 2.73 bits per heavy atom. The highest BCUT2D eigenvalue weighted by atomic mass is 16.2. The summed E-state index contributed by atoms with van der Waals surface area (Å²) in [4.78, 5) is 13.9. The van der Waals surface area contributed by atoms with Gasteiger partial charge in [0.1, 0.15) is 0 Å². The van der Waals surface area contributed by atoms with E-state index in [-0.39, 0.29) is 11.9 Å². The van der Waals surface area contributed by atoms with E-state index in [0.717, 1.165) is 25.9 Å². The first-order valence-electron chi connectivity index (χ1n) is 6.15. The summed E-state index contributed by atoms with van der Waals surface area (Å²) in [5, 5.41) is 0. The lowest BCUT2D eigenvalue weighted by Gasteiger charge is -2.36. The third kappa shape index (κ3) is 2.33. The van der Waals surface area contributed by atoms with Gasteiger partial charge >= 0.3 is 0 Å². The highest BCUT2D eigenvalue weighted by Crippen LogP contribution is 2.38. The number of hydrogen-bond donors (Lipinski definition) is 1. The SMILES string of the molecule is CC1(CN2CCCC(N)C2=O)CCCC1. The van der Waals surface area contributed by atoms with Gasteiger partial charge in [-0.3, -0.25) is 4.79 Å². The number of rotatable bonds is 2. The van der Waals surface area contributed by atoms with E-state index >= 15 is 0 Å². The summed E-state index contributed by atoms with van der Waals surface area (Å²) in [5.41, 5.74) is 6.16. The maximum Gasteiger partial charge on any atom is 0.239 e. The van der Waals surface area contributed by atoms with Crippen molar-refractivity contribution in [1.82, 2.24) is 4.90 Å². The second-order valence-electron chi connectivity index (χ2n) is 5.53. The zero-order chi connectivity index (χ0) is 10.9. The quantitative estimate of drug-likeness (QED) is 0.751. The molecule has 1 saturated heterocycles. The predicted molar refractivity (Wildman–Crippen MR) is 60.4 cm³/mol. The van der Waals surface area contributed by atoms with Crippen LogP contribution in [0.1, 0.15) is 45.4 Å². The van der Waals surface area contributed by atoms with Gasteiger partial charge in [0.05, 0.1) is 6.04 Å². The molecule has 0 aromatic carbocycles. The molecule has 15 heavy (non-hydrogen) atoms. The summed E-state index contributed by atoms with van der Waals surface area (Å²) >= 11 is 0. The summed E-state index contributed by atoms with van der Waals surface area (Å²) in [7, 11) is 0. The van der Waals surface area contributed by atoms with Crippen LogP contribution in [-0.4, -0.2) is 29.9 Å². The molecular weight excluding hydrogens is 188 g/mol. The van der Waals surface area contributed by atoms with Crippen LogP contribution in [0.15, 0.2) is 0 Å². The lowest BCUT2D eigenvalue weighted by molar-refractivity contribution is -0.136. The molecule has 0 spiro atoms. The number of carbonyl (C=O) groups excluding carboxylic acids is 1. The van der Waals surface area contributed by atoms with Crippen molar-refractivity contribution in [3.63, 3.8) is 0 Å². The molecule has 2 N–H and O–H groups in total. The molecule has 86 valence electrons. The molecule has 2 rings (SSSR count). The zero-order valence-electron chi connectivity index (χ0n) is 9.67. The number of likely N-dealkylation sites (tertiary alicyclic amines) is 1. The average Bonchev–Trinajstić information content (AvgIpc) is 2.60. The number of carbonyl (C=O) groups is 1. The number of amides is 1. The highest BCUT2D eigenvalue weighted by molar-refractivity contribution is 5.82. The third-order valence-electron chi connectivity index (χ3n) is 3.96. The summed E-state index contributed by atoms with van der Waals surface area (Å²) in [6.45, 7) is 4.16. The van der Waals surface area contributed by atoms with Crippen molar-refractivity contribution in [2.45, 2.75) is 51.5 Å². The van der Waals surface area contributed by atoms with Gasteiger partial charge in [-0.2, -0.15) is 0 Å². The van der Waals surface area contributed by atoms with Gasteiger partial charge in [-0.15, -0.1) is 0 Å². The first-order valence-corrected chi connectivity index (χ1v) is 6.15. The van der Waals surface area contributed by atoms with Crippen LogP contribution in [0.2, 0.25) is 0 Å². The molecule has 2 aliphatic rings. The molecule has 1 amide bonds. The van der Waals surface area contributed by atoms with Crippen LogP contribution in [0.25, 0.3) is 0 Å². The first-order chi connectivity index (χ1) is 7.11. The summed E-state index contributed by atoms with van der Waals surface area (Å²) < 4.78 is 0. The molecule has 0 bridgehead atoms. The molecule has 1 aliphatic heterocycles. The van der Waals surface area contributed by atoms with E-state index in [1.165, 1.54) is 25.7 Å². The molecule has 1 heterocycles. The fraction of sp³-hybridized carbons (Fsp3) is 0.917. The van der Waals surface area contributed by atoms with Crippen molar-refractivity contribution in [2.24, 2.45) is 11.1 Å². The molecule has 0 aromatic heterocycles. The van der Waals surface area contributed by atoms with Crippen LogP contribution in [0.3, 0.4) is 0 Å². The Morgan fingerprint density at radius 1 is 1.40 bits per heavy atom. The van der Waals surface area contributed by atoms with Crippen molar-refractivity contribution in [2.75, 3.05) is 13.1 Å². The van der Waals surface area contributed by atoms with Crippen molar-refractivity contribution >= 4 is 5.91 Å². The smallest absolute Gasteiger partial charge is 0.239 e. The number of nitrogens with zero attached hydrogens (tertiary/aromatic N) is 1. The number of nitrogens with two attached hydrogens (primary N) is 1. The first kappa shape index (κ1) is 10.9. The Hall–Kier alpha value is -0.570. The molecular formula is C12H22N2O. The van der Waals surface area contributed by atoms with Crippen molar-refractivity contribution < 1.29 is 4.79 Å². The second-order valence-corrected chi connectivity index (χ2v) is 5.53. The van der Waals surface area contributed by atoms with Gasteiger partial charge in [0, 0.05) is 13.1 Å². The normalized spacial score (nSPS) is 30.9. The number of hydrogen-bond acceptors (Lipinski definition) is 2. The van der Waals surface area contributed by atoms with E-state index in [9.17, 15) is 4.79 Å². The largest absolute Gasteiger partial charge is 0.341 e. The molecule has 0 aromatic rings. The van der Waals surface area contributed by atoms with Crippen LogP contribution in [0, 0.1) is 5.41 Å². The lowest BCUT2D eigenvalue weighted by atomic mass is 9.87. The van der Waals surface area contributed by atoms with Crippen LogP contribution < -0.4 is 5.73 Å². The molecule has 1 saturated carbocycles. The Morgan fingerprint density at radius 2 is 2.07 bits per heavy atom. The minimum atomic E-state index is -0.233. The van der Waals surface area contributed by atoms with E-state index < -0.39 is 0 Å². The van der Waals surface area contributed by atoms with Gasteiger partial charge in [-0.05, 0) is 31.1 Å². The Kier molecular flexibility index (Phi) is 3.01. The molecule has 3 heteroatoms. The van der Waals surface area contributed by atoms with Crippen molar-refractivity contribution in [1.29, 1.82) is 0 Å². The maximum absolute atomic E-state index is 11.9. The second kappa shape index (κ2) is 4.12. The molecule has 0 radical (unpaired) electrons. The lowest BCUT2D eigenvalue weighted by Crippen LogP contribution is -2.51. The topological polar surface area (TPSA) is 46.3 Å².